The van der Waals surface area contributed by atoms with Gasteiger partial charge >= 0.3 is 0 Å². The summed E-state index contributed by atoms with van der Waals surface area (Å²) in [4.78, 5) is 19.0. The number of fused-ring (bicyclic) bond motifs is 1. The number of hydrogen-bond donors (Lipinski definition) is 1. The minimum absolute atomic E-state index is 0.0207. The molecule has 28 heavy (non-hydrogen) atoms. The molecule has 3 aromatic rings. The second kappa shape index (κ2) is 8.29. The molecular weight excluding hydrogens is 386 g/mol. The Morgan fingerprint density at radius 1 is 1.07 bits per heavy atom. The minimum atomic E-state index is -0.0207. The molecule has 2 aromatic carbocycles. The van der Waals surface area contributed by atoms with Gasteiger partial charge in [-0.2, -0.15) is 0 Å². The Hall–Kier alpha value is -2.44. The Bertz CT molecular complexity index is 966. The Kier molecular flexibility index (Phi) is 5.59. The van der Waals surface area contributed by atoms with Gasteiger partial charge in [0, 0.05) is 43.5 Å². The highest BCUT2D eigenvalue weighted by Crippen LogP contribution is 2.41. The van der Waals surface area contributed by atoms with Crippen LogP contribution in [-0.4, -0.2) is 32.3 Å². The highest BCUT2D eigenvalue weighted by atomic mass is 32.2. The Labute approximate surface area is 174 Å². The monoisotopic (exact) mass is 409 g/mol. The summed E-state index contributed by atoms with van der Waals surface area (Å²) in [5, 5.41) is 4.15. The predicted octanol–water partition coefficient (Wildman–Crippen LogP) is 4.99. The molecule has 1 aliphatic rings. The maximum Gasteiger partial charge on any atom is 0.261 e. The van der Waals surface area contributed by atoms with Gasteiger partial charge in [-0.1, -0.05) is 24.3 Å². The third kappa shape index (κ3) is 4.03. The zero-order valence-electron chi connectivity index (χ0n) is 16.0. The molecule has 0 saturated heterocycles. The van der Waals surface area contributed by atoms with Crippen LogP contribution in [0.25, 0.3) is 0 Å². The number of amides is 1. The molecular formula is C22H23N3OS2. The number of thiophene rings is 1. The van der Waals surface area contributed by atoms with Gasteiger partial charge in [0.25, 0.3) is 5.91 Å². The van der Waals surface area contributed by atoms with E-state index in [-0.39, 0.29) is 5.91 Å². The lowest BCUT2D eigenvalue weighted by Gasteiger charge is -2.29. The maximum atomic E-state index is 12.6. The van der Waals surface area contributed by atoms with Crippen LogP contribution < -0.4 is 15.1 Å². The number of para-hydroxylation sites is 1. The Balaban J connectivity index is 1.42. The summed E-state index contributed by atoms with van der Waals surface area (Å²) < 4.78 is 0. The van der Waals surface area contributed by atoms with Gasteiger partial charge < -0.3 is 15.1 Å². The van der Waals surface area contributed by atoms with Crippen LogP contribution >= 0.6 is 23.1 Å². The van der Waals surface area contributed by atoms with Crippen LogP contribution in [0, 0.1) is 0 Å². The third-order valence-corrected chi connectivity index (χ3v) is 6.87. The second-order valence-corrected chi connectivity index (χ2v) is 9.05. The first-order valence-corrected chi connectivity index (χ1v) is 11.1. The molecule has 0 aliphatic carbocycles. The molecule has 1 aliphatic heterocycles. The lowest BCUT2D eigenvalue weighted by atomic mass is 10.2. The molecule has 1 N–H and O–H groups in total. The standard InChI is InChI=1S/C22H23N3OS2/c1-24(2)17-9-7-16(8-10-17)15-23-22(26)20-11-12-21(28-20)25-13-14-27-19-6-4-3-5-18(19)25/h3-12H,13-15H2,1-2H3,(H,23,26). The smallest absolute Gasteiger partial charge is 0.261 e. The fourth-order valence-electron chi connectivity index (χ4n) is 3.17. The fourth-order valence-corrected chi connectivity index (χ4v) is 5.13. The quantitative estimate of drug-likeness (QED) is 0.644. The van der Waals surface area contributed by atoms with E-state index in [0.717, 1.165) is 33.4 Å². The van der Waals surface area contributed by atoms with E-state index in [2.05, 4.69) is 69.7 Å². The van der Waals surface area contributed by atoms with Gasteiger partial charge in [0.15, 0.2) is 0 Å². The van der Waals surface area contributed by atoms with E-state index < -0.39 is 0 Å². The van der Waals surface area contributed by atoms with Crippen LogP contribution in [0.3, 0.4) is 0 Å². The van der Waals surface area contributed by atoms with E-state index in [1.54, 1.807) is 11.3 Å². The molecule has 144 valence electrons. The topological polar surface area (TPSA) is 35.6 Å². The van der Waals surface area contributed by atoms with Gasteiger partial charge in [0.2, 0.25) is 0 Å². The predicted molar refractivity (Wildman–Crippen MR) is 120 cm³/mol. The van der Waals surface area contributed by atoms with Crippen molar-refractivity contribution >= 4 is 45.4 Å². The van der Waals surface area contributed by atoms with Crippen LogP contribution in [0.15, 0.2) is 65.6 Å². The SMILES string of the molecule is CN(C)c1ccc(CNC(=O)c2ccc(N3CCSc4ccccc43)s2)cc1. The van der Waals surface area contributed by atoms with Crippen molar-refractivity contribution in [3.8, 4) is 0 Å². The number of nitrogens with one attached hydrogen (secondary N) is 1. The molecule has 1 aromatic heterocycles. The van der Waals surface area contributed by atoms with Crippen molar-refractivity contribution in [1.29, 1.82) is 0 Å². The van der Waals surface area contributed by atoms with Crippen molar-refractivity contribution in [1.82, 2.24) is 5.32 Å². The van der Waals surface area contributed by atoms with E-state index >= 15 is 0 Å². The lowest BCUT2D eigenvalue weighted by Crippen LogP contribution is -2.23. The molecule has 1 amide bonds. The summed E-state index contributed by atoms with van der Waals surface area (Å²) >= 11 is 3.44. The van der Waals surface area contributed by atoms with E-state index in [1.807, 2.05) is 31.9 Å². The van der Waals surface area contributed by atoms with Gasteiger partial charge in [-0.15, -0.1) is 23.1 Å². The zero-order valence-corrected chi connectivity index (χ0v) is 17.6. The average molecular weight is 410 g/mol. The molecule has 0 spiro atoms. The van der Waals surface area contributed by atoms with Crippen molar-refractivity contribution in [2.24, 2.45) is 0 Å². The fraction of sp³-hybridized carbons (Fsp3) is 0.227. The maximum absolute atomic E-state index is 12.6. The summed E-state index contributed by atoms with van der Waals surface area (Å²) in [6, 6.07) is 20.7. The first kappa shape index (κ1) is 18.9. The zero-order chi connectivity index (χ0) is 19.5. The molecule has 4 rings (SSSR count). The minimum Gasteiger partial charge on any atom is -0.378 e. The number of benzene rings is 2. The summed E-state index contributed by atoms with van der Waals surface area (Å²) in [5.74, 6) is 1.03. The number of carbonyl (C=O) groups excluding carboxylic acids is 1. The molecule has 0 atom stereocenters. The molecule has 0 radical (unpaired) electrons. The van der Waals surface area contributed by atoms with Gasteiger partial charge in [-0.05, 0) is 42.0 Å². The number of carbonyl (C=O) groups is 1. The number of anilines is 3. The van der Waals surface area contributed by atoms with Crippen LogP contribution in [0.1, 0.15) is 15.2 Å². The average Bonchev–Trinajstić information content (AvgIpc) is 3.22. The number of hydrogen-bond acceptors (Lipinski definition) is 5. The largest absolute Gasteiger partial charge is 0.378 e. The summed E-state index contributed by atoms with van der Waals surface area (Å²) in [6.45, 7) is 1.49. The second-order valence-electron chi connectivity index (χ2n) is 6.85. The normalized spacial score (nSPS) is 13.1. The van der Waals surface area contributed by atoms with E-state index in [4.69, 9.17) is 0 Å². The van der Waals surface area contributed by atoms with Gasteiger partial charge in [-0.25, -0.2) is 0 Å². The summed E-state index contributed by atoms with van der Waals surface area (Å²) in [7, 11) is 4.04. The third-order valence-electron chi connectivity index (χ3n) is 4.72. The molecule has 0 unspecified atom stereocenters. The van der Waals surface area contributed by atoms with Crippen molar-refractivity contribution in [3.05, 3.63) is 71.1 Å². The van der Waals surface area contributed by atoms with Gasteiger partial charge in [0.05, 0.1) is 15.6 Å². The Morgan fingerprint density at radius 3 is 2.64 bits per heavy atom. The Morgan fingerprint density at radius 2 is 1.86 bits per heavy atom. The van der Waals surface area contributed by atoms with Crippen molar-refractivity contribution < 1.29 is 4.79 Å². The van der Waals surface area contributed by atoms with Crippen molar-refractivity contribution in [2.75, 3.05) is 36.2 Å². The van der Waals surface area contributed by atoms with Crippen LogP contribution in [0.5, 0.6) is 0 Å². The summed E-state index contributed by atoms with van der Waals surface area (Å²) in [5.41, 5.74) is 3.48. The van der Waals surface area contributed by atoms with Crippen molar-refractivity contribution in [2.45, 2.75) is 11.4 Å². The van der Waals surface area contributed by atoms with E-state index in [1.165, 1.54) is 10.6 Å². The highest BCUT2D eigenvalue weighted by Gasteiger charge is 2.20. The van der Waals surface area contributed by atoms with Crippen molar-refractivity contribution in [3.63, 3.8) is 0 Å². The first-order valence-electron chi connectivity index (χ1n) is 9.25. The molecule has 0 saturated carbocycles. The molecule has 0 fully saturated rings. The highest BCUT2D eigenvalue weighted by molar-refractivity contribution is 7.99. The first-order chi connectivity index (χ1) is 13.6. The van der Waals surface area contributed by atoms with E-state index in [9.17, 15) is 4.79 Å². The van der Waals surface area contributed by atoms with E-state index in [0.29, 0.717) is 6.54 Å². The molecule has 2 heterocycles. The molecule has 6 heteroatoms. The van der Waals surface area contributed by atoms with Crippen LogP contribution in [0.2, 0.25) is 0 Å². The van der Waals surface area contributed by atoms with Crippen LogP contribution in [-0.2, 0) is 6.54 Å². The molecule has 0 bridgehead atoms. The summed E-state index contributed by atoms with van der Waals surface area (Å²) in [6.07, 6.45) is 0. The number of nitrogens with zero attached hydrogens (tertiary/aromatic N) is 2. The number of rotatable bonds is 5. The van der Waals surface area contributed by atoms with Gasteiger partial charge in [0.1, 0.15) is 0 Å². The van der Waals surface area contributed by atoms with Crippen LogP contribution in [0.4, 0.5) is 16.4 Å². The lowest BCUT2D eigenvalue weighted by molar-refractivity contribution is 0.0955. The molecule has 4 nitrogen and oxygen atoms in total. The van der Waals surface area contributed by atoms with Gasteiger partial charge in [-0.3, -0.25) is 4.79 Å². The number of thioether (sulfide) groups is 1.